The van der Waals surface area contributed by atoms with Gasteiger partial charge in [0.2, 0.25) is 0 Å². The van der Waals surface area contributed by atoms with Crippen LogP contribution >= 0.6 is 0 Å². The normalized spacial score (nSPS) is 46.2. The molecule has 4 saturated carbocycles. The summed E-state index contributed by atoms with van der Waals surface area (Å²) in [5.74, 6) is 1.87. The minimum Gasteiger partial charge on any atom is -0.461 e. The zero-order valence-electron chi connectivity index (χ0n) is 11.6. The van der Waals surface area contributed by atoms with Crippen molar-refractivity contribution in [2.45, 2.75) is 58.7 Å². The van der Waals surface area contributed by atoms with Gasteiger partial charge in [-0.15, -0.1) is 0 Å². The number of ether oxygens (including phenoxy) is 1. The zero-order valence-corrected chi connectivity index (χ0v) is 11.6. The number of esters is 1. The lowest BCUT2D eigenvalue weighted by Gasteiger charge is -2.55. The molecular weight excluding hydrogens is 228 g/mol. The van der Waals surface area contributed by atoms with Crippen molar-refractivity contribution >= 4 is 5.97 Å². The summed E-state index contributed by atoms with van der Waals surface area (Å²) >= 11 is 0. The molecule has 102 valence electrons. The number of aliphatic hydroxyl groups is 1. The topological polar surface area (TPSA) is 46.5 Å². The summed E-state index contributed by atoms with van der Waals surface area (Å²) in [7, 11) is 0. The molecule has 0 aliphatic heterocycles. The molecule has 4 bridgehead atoms. The Balaban J connectivity index is 1.71. The third-order valence-corrected chi connectivity index (χ3v) is 5.17. The third-order valence-electron chi connectivity index (χ3n) is 5.17. The molecule has 0 aromatic carbocycles. The number of rotatable bonds is 1. The highest BCUT2D eigenvalue weighted by Crippen LogP contribution is 2.54. The summed E-state index contributed by atoms with van der Waals surface area (Å²) in [4.78, 5) is 12.0. The Hall–Kier alpha value is -0.570. The quantitative estimate of drug-likeness (QED) is 0.729. The van der Waals surface area contributed by atoms with Crippen molar-refractivity contribution in [3.63, 3.8) is 0 Å². The van der Waals surface area contributed by atoms with Gasteiger partial charge in [-0.3, -0.25) is 4.79 Å². The van der Waals surface area contributed by atoms with Gasteiger partial charge in [-0.25, -0.2) is 0 Å². The summed E-state index contributed by atoms with van der Waals surface area (Å²) in [5, 5.41) is 10.1. The van der Waals surface area contributed by atoms with E-state index in [1.165, 1.54) is 0 Å². The molecule has 0 atom stereocenters. The molecule has 0 radical (unpaired) electrons. The standard InChI is InChI=1S/C15H24O3/c1-15(2,3)14(17)18-13-10-4-8-5-11(13)7-9(6-10)12(8)16/h8-13,16H,4-7H2,1-3H3. The summed E-state index contributed by atoms with van der Waals surface area (Å²) in [6.07, 6.45) is 4.24. The van der Waals surface area contributed by atoms with Crippen LogP contribution in [0.1, 0.15) is 46.5 Å². The average Bonchev–Trinajstić information content (AvgIpc) is 2.24. The van der Waals surface area contributed by atoms with Crippen LogP contribution in [-0.2, 0) is 9.53 Å². The third kappa shape index (κ3) is 1.87. The van der Waals surface area contributed by atoms with Gasteiger partial charge < -0.3 is 9.84 Å². The van der Waals surface area contributed by atoms with Crippen molar-refractivity contribution in [1.29, 1.82) is 0 Å². The van der Waals surface area contributed by atoms with Crippen LogP contribution in [0.15, 0.2) is 0 Å². The molecule has 4 aliphatic carbocycles. The number of hydrogen-bond donors (Lipinski definition) is 1. The number of aliphatic hydroxyl groups excluding tert-OH is 1. The van der Waals surface area contributed by atoms with Crippen LogP contribution < -0.4 is 0 Å². The lowest BCUT2D eigenvalue weighted by Crippen LogP contribution is -2.56. The van der Waals surface area contributed by atoms with Crippen LogP contribution in [0.25, 0.3) is 0 Å². The first-order chi connectivity index (χ1) is 8.36. The van der Waals surface area contributed by atoms with Crippen molar-refractivity contribution in [2.75, 3.05) is 0 Å². The molecular formula is C15H24O3. The van der Waals surface area contributed by atoms with Crippen molar-refractivity contribution in [3.8, 4) is 0 Å². The van der Waals surface area contributed by atoms with E-state index in [1.807, 2.05) is 20.8 Å². The smallest absolute Gasteiger partial charge is 0.311 e. The van der Waals surface area contributed by atoms with Gasteiger partial charge in [-0.05, 0) is 70.1 Å². The van der Waals surface area contributed by atoms with E-state index in [2.05, 4.69) is 0 Å². The molecule has 3 heteroatoms. The molecule has 0 aromatic rings. The molecule has 0 amide bonds. The van der Waals surface area contributed by atoms with E-state index in [1.54, 1.807) is 0 Å². The Morgan fingerprint density at radius 3 is 1.83 bits per heavy atom. The van der Waals surface area contributed by atoms with E-state index in [4.69, 9.17) is 4.74 Å². The molecule has 0 saturated heterocycles. The van der Waals surface area contributed by atoms with Gasteiger partial charge in [0.1, 0.15) is 6.10 Å². The van der Waals surface area contributed by atoms with Gasteiger partial charge in [0, 0.05) is 0 Å². The first kappa shape index (κ1) is 12.5. The predicted octanol–water partition coefficient (Wildman–Crippen LogP) is 2.37. The van der Waals surface area contributed by atoms with Crippen LogP contribution in [-0.4, -0.2) is 23.3 Å². The second-order valence-corrected chi connectivity index (χ2v) is 7.59. The Kier molecular flexibility index (Phi) is 2.74. The van der Waals surface area contributed by atoms with Gasteiger partial charge in [0.25, 0.3) is 0 Å². The largest absolute Gasteiger partial charge is 0.461 e. The van der Waals surface area contributed by atoms with Crippen molar-refractivity contribution in [3.05, 3.63) is 0 Å². The Bertz CT molecular complexity index is 325. The number of carbonyl (C=O) groups excluding carboxylic acids is 1. The van der Waals surface area contributed by atoms with E-state index in [0.29, 0.717) is 23.7 Å². The van der Waals surface area contributed by atoms with Crippen molar-refractivity contribution in [2.24, 2.45) is 29.1 Å². The van der Waals surface area contributed by atoms with E-state index in [-0.39, 0.29) is 18.2 Å². The highest BCUT2D eigenvalue weighted by atomic mass is 16.5. The van der Waals surface area contributed by atoms with Crippen LogP contribution in [0.2, 0.25) is 0 Å². The minimum absolute atomic E-state index is 0.0690. The van der Waals surface area contributed by atoms with Crippen LogP contribution in [0.5, 0.6) is 0 Å². The molecule has 0 heterocycles. The first-order valence-electron chi connectivity index (χ1n) is 7.25. The fourth-order valence-corrected chi connectivity index (χ4v) is 4.30. The second kappa shape index (κ2) is 3.96. The molecule has 4 aliphatic rings. The van der Waals surface area contributed by atoms with E-state index < -0.39 is 5.41 Å². The Morgan fingerprint density at radius 1 is 1.00 bits per heavy atom. The SMILES string of the molecule is CC(C)(C)C(=O)OC1C2CC3CC1CC(C2)C3O. The summed E-state index contributed by atoms with van der Waals surface area (Å²) in [6, 6.07) is 0. The Morgan fingerprint density at radius 2 is 1.44 bits per heavy atom. The maximum atomic E-state index is 12.0. The van der Waals surface area contributed by atoms with E-state index in [9.17, 15) is 9.90 Å². The van der Waals surface area contributed by atoms with Gasteiger partial charge in [0.05, 0.1) is 11.5 Å². The molecule has 4 fully saturated rings. The molecule has 4 rings (SSSR count). The maximum absolute atomic E-state index is 12.0. The van der Waals surface area contributed by atoms with Crippen molar-refractivity contribution < 1.29 is 14.6 Å². The number of carbonyl (C=O) groups is 1. The highest BCUT2D eigenvalue weighted by molar-refractivity contribution is 5.75. The van der Waals surface area contributed by atoms with Crippen molar-refractivity contribution in [1.82, 2.24) is 0 Å². The van der Waals surface area contributed by atoms with Gasteiger partial charge >= 0.3 is 5.97 Å². The molecule has 0 spiro atoms. The van der Waals surface area contributed by atoms with Gasteiger partial charge in [-0.1, -0.05) is 0 Å². The minimum atomic E-state index is -0.409. The summed E-state index contributed by atoms with van der Waals surface area (Å²) in [6.45, 7) is 5.74. The average molecular weight is 252 g/mol. The molecule has 3 nitrogen and oxygen atoms in total. The first-order valence-corrected chi connectivity index (χ1v) is 7.25. The van der Waals surface area contributed by atoms with E-state index >= 15 is 0 Å². The fraction of sp³-hybridized carbons (Fsp3) is 0.933. The fourth-order valence-electron chi connectivity index (χ4n) is 4.30. The summed E-state index contributed by atoms with van der Waals surface area (Å²) in [5.41, 5.74) is -0.409. The lowest BCUT2D eigenvalue weighted by molar-refractivity contribution is -0.192. The zero-order chi connectivity index (χ0) is 13.1. The number of hydrogen-bond acceptors (Lipinski definition) is 3. The summed E-state index contributed by atoms with van der Waals surface area (Å²) < 4.78 is 5.81. The second-order valence-electron chi connectivity index (χ2n) is 7.59. The van der Waals surface area contributed by atoms with Gasteiger partial charge in [-0.2, -0.15) is 0 Å². The van der Waals surface area contributed by atoms with Gasteiger partial charge in [0.15, 0.2) is 0 Å². The molecule has 0 aromatic heterocycles. The van der Waals surface area contributed by atoms with Crippen LogP contribution in [0.4, 0.5) is 0 Å². The van der Waals surface area contributed by atoms with Crippen LogP contribution in [0, 0.1) is 29.1 Å². The highest BCUT2D eigenvalue weighted by Gasteiger charge is 2.54. The maximum Gasteiger partial charge on any atom is 0.311 e. The Labute approximate surface area is 109 Å². The molecule has 1 N–H and O–H groups in total. The monoisotopic (exact) mass is 252 g/mol. The predicted molar refractivity (Wildman–Crippen MR) is 67.8 cm³/mol. The van der Waals surface area contributed by atoms with Crippen LogP contribution in [0.3, 0.4) is 0 Å². The lowest BCUT2D eigenvalue weighted by atomic mass is 9.53. The molecule has 0 unspecified atom stereocenters. The molecule has 18 heavy (non-hydrogen) atoms. The van der Waals surface area contributed by atoms with E-state index in [0.717, 1.165) is 25.7 Å².